The number of hydrazine groups is 1. The van der Waals surface area contributed by atoms with Gasteiger partial charge in [-0.25, -0.2) is 10.8 Å². The van der Waals surface area contributed by atoms with Gasteiger partial charge in [0.25, 0.3) is 0 Å². The van der Waals surface area contributed by atoms with Gasteiger partial charge in [0, 0.05) is 12.3 Å². The summed E-state index contributed by atoms with van der Waals surface area (Å²) in [4.78, 5) is 15.1. The first-order chi connectivity index (χ1) is 8.70. The Balaban J connectivity index is 2.08. The maximum atomic E-state index is 10.8. The van der Waals surface area contributed by atoms with E-state index in [2.05, 4.69) is 10.4 Å². The molecule has 94 valence electrons. The minimum absolute atomic E-state index is 0.0563. The predicted molar refractivity (Wildman–Crippen MR) is 67.4 cm³/mol. The fourth-order valence-electron chi connectivity index (χ4n) is 1.32. The highest BCUT2D eigenvalue weighted by Gasteiger charge is 2.13. The minimum Gasteiger partial charge on any atom is -0.481 e. The van der Waals surface area contributed by atoms with Gasteiger partial charge >= 0.3 is 5.69 Å². The number of nitrogens with one attached hydrogen (secondary N) is 1. The van der Waals surface area contributed by atoms with Crippen molar-refractivity contribution in [3.63, 3.8) is 0 Å². The Bertz CT molecular complexity index is 558. The van der Waals surface area contributed by atoms with Crippen LogP contribution in [0.4, 0.5) is 10.8 Å². The number of ether oxygens (including phenoxy) is 1. The first-order valence-electron chi connectivity index (χ1n) is 4.98. The van der Waals surface area contributed by atoms with Crippen molar-refractivity contribution in [1.82, 2.24) is 4.98 Å². The van der Waals surface area contributed by atoms with Gasteiger partial charge in [-0.1, -0.05) is 23.5 Å². The number of nitro benzene ring substituents is 1. The number of nitrogens with two attached hydrogens (primary N) is 1. The number of nitrogens with zero attached hydrogens (tertiary/aromatic N) is 2. The molecule has 2 aromatic rings. The van der Waals surface area contributed by atoms with Gasteiger partial charge in [-0.05, 0) is 6.07 Å². The summed E-state index contributed by atoms with van der Waals surface area (Å²) in [5.41, 5.74) is 2.36. The van der Waals surface area contributed by atoms with E-state index in [9.17, 15) is 10.1 Å². The molecule has 0 saturated heterocycles. The van der Waals surface area contributed by atoms with E-state index in [0.717, 1.165) is 4.88 Å². The average Bonchev–Trinajstić information content (AvgIpc) is 2.84. The molecule has 0 aliphatic heterocycles. The predicted octanol–water partition coefficient (Wildman–Crippen LogP) is 1.92. The van der Waals surface area contributed by atoms with Crippen LogP contribution in [0.15, 0.2) is 30.5 Å². The smallest absolute Gasteiger partial charge is 0.310 e. The summed E-state index contributed by atoms with van der Waals surface area (Å²) in [6.07, 6.45) is 1.61. The molecule has 0 saturated carbocycles. The lowest BCUT2D eigenvalue weighted by molar-refractivity contribution is -0.385. The second kappa shape index (κ2) is 5.43. The van der Waals surface area contributed by atoms with E-state index < -0.39 is 4.92 Å². The van der Waals surface area contributed by atoms with Gasteiger partial charge in [-0.2, -0.15) is 0 Å². The van der Waals surface area contributed by atoms with E-state index in [1.165, 1.54) is 17.4 Å². The summed E-state index contributed by atoms with van der Waals surface area (Å²) in [5.74, 6) is 5.44. The monoisotopic (exact) mass is 266 g/mol. The third kappa shape index (κ3) is 2.73. The van der Waals surface area contributed by atoms with E-state index in [0.29, 0.717) is 5.13 Å². The Morgan fingerprint density at radius 3 is 2.94 bits per heavy atom. The molecule has 2 rings (SSSR count). The summed E-state index contributed by atoms with van der Waals surface area (Å²) in [7, 11) is 0. The Labute approximate surface area is 106 Å². The van der Waals surface area contributed by atoms with Gasteiger partial charge in [-0.3, -0.25) is 15.5 Å². The number of hydrogen-bond donors (Lipinski definition) is 2. The Hall–Kier alpha value is -2.19. The Kier molecular flexibility index (Phi) is 3.70. The molecule has 18 heavy (non-hydrogen) atoms. The highest BCUT2D eigenvalue weighted by atomic mass is 32.1. The van der Waals surface area contributed by atoms with Crippen LogP contribution in [-0.2, 0) is 6.61 Å². The number of nitrogen functional groups attached to an aromatic ring is 1. The average molecular weight is 266 g/mol. The largest absolute Gasteiger partial charge is 0.481 e. The molecule has 0 radical (unpaired) electrons. The zero-order valence-corrected chi connectivity index (χ0v) is 10.0. The molecule has 0 spiro atoms. The topological polar surface area (TPSA) is 103 Å². The number of rotatable bonds is 5. The van der Waals surface area contributed by atoms with E-state index >= 15 is 0 Å². The van der Waals surface area contributed by atoms with E-state index in [4.69, 9.17) is 10.6 Å². The van der Waals surface area contributed by atoms with Crippen LogP contribution < -0.4 is 16.0 Å². The zero-order valence-electron chi connectivity index (χ0n) is 9.20. The number of hydrogen-bond acceptors (Lipinski definition) is 7. The quantitative estimate of drug-likeness (QED) is 0.487. The lowest BCUT2D eigenvalue weighted by Crippen LogP contribution is -2.05. The van der Waals surface area contributed by atoms with Crippen molar-refractivity contribution < 1.29 is 9.66 Å². The van der Waals surface area contributed by atoms with Gasteiger partial charge in [-0.15, -0.1) is 0 Å². The molecule has 0 bridgehead atoms. The maximum absolute atomic E-state index is 10.8. The van der Waals surface area contributed by atoms with Crippen molar-refractivity contribution in [2.45, 2.75) is 6.61 Å². The number of para-hydroxylation sites is 2. The van der Waals surface area contributed by atoms with E-state index in [1.54, 1.807) is 24.4 Å². The van der Waals surface area contributed by atoms with Crippen molar-refractivity contribution in [2.24, 2.45) is 5.84 Å². The lowest BCUT2D eigenvalue weighted by atomic mass is 10.3. The normalized spacial score (nSPS) is 10.1. The van der Waals surface area contributed by atoms with Crippen LogP contribution >= 0.6 is 11.3 Å². The molecular weight excluding hydrogens is 256 g/mol. The molecule has 0 fully saturated rings. The molecule has 0 atom stereocenters. The molecule has 1 aromatic carbocycles. The molecule has 0 aliphatic rings. The Morgan fingerprint density at radius 1 is 1.50 bits per heavy atom. The highest BCUT2D eigenvalue weighted by Crippen LogP contribution is 2.27. The summed E-state index contributed by atoms with van der Waals surface area (Å²) in [6.45, 7) is 0.213. The van der Waals surface area contributed by atoms with Gasteiger partial charge in [0.2, 0.25) is 0 Å². The minimum atomic E-state index is -0.477. The summed E-state index contributed by atoms with van der Waals surface area (Å²) >= 11 is 1.32. The number of thiazole rings is 1. The SMILES string of the molecule is NNc1ncc(COc2ccccc2[N+](=O)[O-])s1. The molecule has 0 aliphatic carbocycles. The number of benzene rings is 1. The number of aromatic nitrogens is 1. The molecule has 0 unspecified atom stereocenters. The number of nitro groups is 1. The van der Waals surface area contributed by atoms with Crippen molar-refractivity contribution in [1.29, 1.82) is 0 Å². The molecule has 1 aromatic heterocycles. The van der Waals surface area contributed by atoms with Gasteiger partial charge in [0.05, 0.1) is 9.80 Å². The molecule has 1 heterocycles. The summed E-state index contributed by atoms with van der Waals surface area (Å²) in [5, 5.41) is 11.3. The fraction of sp³-hybridized carbons (Fsp3) is 0.100. The standard InChI is InChI=1S/C10H10N4O3S/c11-13-10-12-5-7(18-10)6-17-9-4-2-1-3-8(9)14(15)16/h1-5H,6,11H2,(H,12,13). The van der Waals surface area contributed by atoms with E-state index in [-0.39, 0.29) is 18.0 Å². The van der Waals surface area contributed by atoms with Crippen LogP contribution in [0.5, 0.6) is 5.75 Å². The van der Waals surface area contributed by atoms with Gasteiger partial charge in [0.1, 0.15) is 6.61 Å². The van der Waals surface area contributed by atoms with Crippen molar-refractivity contribution in [2.75, 3.05) is 5.43 Å². The van der Waals surface area contributed by atoms with Crippen LogP contribution in [0.25, 0.3) is 0 Å². The third-order valence-corrected chi connectivity index (χ3v) is 3.01. The molecule has 8 heteroatoms. The Morgan fingerprint density at radius 2 is 2.28 bits per heavy atom. The number of anilines is 1. The molecule has 0 amide bonds. The van der Waals surface area contributed by atoms with Crippen LogP contribution in [0.3, 0.4) is 0 Å². The van der Waals surface area contributed by atoms with E-state index in [1.807, 2.05) is 0 Å². The van der Waals surface area contributed by atoms with Crippen LogP contribution in [0, 0.1) is 10.1 Å². The molecule has 7 nitrogen and oxygen atoms in total. The van der Waals surface area contributed by atoms with Crippen LogP contribution in [0.1, 0.15) is 4.88 Å². The van der Waals surface area contributed by atoms with Crippen molar-refractivity contribution in [3.8, 4) is 5.75 Å². The van der Waals surface area contributed by atoms with Crippen LogP contribution in [0.2, 0.25) is 0 Å². The highest BCUT2D eigenvalue weighted by molar-refractivity contribution is 7.15. The second-order valence-electron chi connectivity index (χ2n) is 3.29. The third-order valence-electron chi connectivity index (χ3n) is 2.11. The first kappa shape index (κ1) is 12.3. The van der Waals surface area contributed by atoms with Crippen molar-refractivity contribution >= 4 is 22.2 Å². The molecule has 3 N–H and O–H groups in total. The first-order valence-corrected chi connectivity index (χ1v) is 5.80. The van der Waals surface area contributed by atoms with Crippen molar-refractivity contribution in [3.05, 3.63) is 45.5 Å². The van der Waals surface area contributed by atoms with Crippen LogP contribution in [-0.4, -0.2) is 9.91 Å². The fourth-order valence-corrected chi connectivity index (χ4v) is 1.96. The van der Waals surface area contributed by atoms with Gasteiger partial charge in [0.15, 0.2) is 10.9 Å². The lowest BCUT2D eigenvalue weighted by Gasteiger charge is -2.04. The summed E-state index contributed by atoms with van der Waals surface area (Å²) < 4.78 is 5.40. The second-order valence-corrected chi connectivity index (χ2v) is 4.40. The maximum Gasteiger partial charge on any atom is 0.310 e. The molecular formula is C10H10N4O3S. The van der Waals surface area contributed by atoms with Gasteiger partial charge < -0.3 is 4.74 Å². The zero-order chi connectivity index (χ0) is 13.0. The summed E-state index contributed by atoms with van der Waals surface area (Å²) in [6, 6.07) is 6.23.